The van der Waals surface area contributed by atoms with Crippen LogP contribution in [0.1, 0.15) is 22.3 Å². The number of benzene rings is 2. The molecule has 4 nitrogen and oxygen atoms in total. The van der Waals surface area contributed by atoms with Crippen LogP contribution in [0.25, 0.3) is 0 Å². The topological polar surface area (TPSA) is 63.2 Å². The van der Waals surface area contributed by atoms with Crippen LogP contribution >= 0.6 is 11.8 Å². The van der Waals surface area contributed by atoms with Gasteiger partial charge in [-0.15, -0.1) is 11.8 Å². The van der Waals surface area contributed by atoms with E-state index in [1.54, 1.807) is 36.0 Å². The lowest BCUT2D eigenvalue weighted by Gasteiger charge is -2.07. The lowest BCUT2D eigenvalue weighted by atomic mass is 10.2. The Morgan fingerprint density at radius 2 is 1.71 bits per heavy atom. The van der Waals surface area contributed by atoms with Crippen molar-refractivity contribution in [3.63, 3.8) is 0 Å². The highest BCUT2D eigenvalue weighted by Gasteiger charge is 2.12. The van der Waals surface area contributed by atoms with Crippen LogP contribution in [-0.2, 0) is 15.6 Å². The summed E-state index contributed by atoms with van der Waals surface area (Å²) in [5, 5.41) is 2.76. The number of carbonyl (C=O) groups is 1. The molecule has 0 saturated carbocycles. The molecule has 2 aromatic carbocycles. The molecule has 1 N–H and O–H groups in total. The summed E-state index contributed by atoms with van der Waals surface area (Å²) in [6.07, 6.45) is 2.38. The van der Waals surface area contributed by atoms with Gasteiger partial charge in [0, 0.05) is 17.0 Å². The highest BCUT2D eigenvalue weighted by molar-refractivity contribution is 7.98. The molecule has 0 radical (unpaired) electrons. The van der Waals surface area contributed by atoms with Crippen molar-refractivity contribution in [1.82, 2.24) is 5.32 Å². The SMILES string of the molecule is CSc1ccc(C(=O)NCCCS(=O)(=O)Cc2ccccc2)cc1. The Balaban J connectivity index is 1.76. The van der Waals surface area contributed by atoms with Gasteiger partial charge in [0.05, 0.1) is 11.5 Å². The van der Waals surface area contributed by atoms with Gasteiger partial charge in [-0.25, -0.2) is 8.42 Å². The number of carbonyl (C=O) groups excluding carboxylic acids is 1. The monoisotopic (exact) mass is 363 g/mol. The van der Waals surface area contributed by atoms with Gasteiger partial charge in [-0.3, -0.25) is 4.79 Å². The van der Waals surface area contributed by atoms with Crippen molar-refractivity contribution < 1.29 is 13.2 Å². The molecule has 0 bridgehead atoms. The summed E-state index contributed by atoms with van der Waals surface area (Å²) >= 11 is 1.62. The van der Waals surface area contributed by atoms with Crippen molar-refractivity contribution in [3.8, 4) is 0 Å². The van der Waals surface area contributed by atoms with Gasteiger partial charge in [-0.05, 0) is 42.5 Å². The molecule has 0 spiro atoms. The van der Waals surface area contributed by atoms with Crippen molar-refractivity contribution in [1.29, 1.82) is 0 Å². The first-order valence-corrected chi connectivity index (χ1v) is 10.7. The van der Waals surface area contributed by atoms with Gasteiger partial charge in [0.2, 0.25) is 0 Å². The van der Waals surface area contributed by atoms with Crippen LogP contribution in [0, 0.1) is 0 Å². The van der Waals surface area contributed by atoms with Gasteiger partial charge in [0.15, 0.2) is 9.84 Å². The molecule has 2 aromatic rings. The molecule has 0 saturated heterocycles. The van der Waals surface area contributed by atoms with Gasteiger partial charge < -0.3 is 5.32 Å². The molecule has 0 aliphatic rings. The Hall–Kier alpha value is -1.79. The van der Waals surface area contributed by atoms with Gasteiger partial charge in [-0.2, -0.15) is 0 Å². The molecule has 6 heteroatoms. The van der Waals surface area contributed by atoms with Crippen LogP contribution in [0.3, 0.4) is 0 Å². The molecule has 128 valence electrons. The second-order valence-corrected chi connectivity index (χ2v) is 8.48. The van der Waals surface area contributed by atoms with Crippen LogP contribution < -0.4 is 5.32 Å². The number of sulfone groups is 1. The molecule has 0 unspecified atom stereocenters. The van der Waals surface area contributed by atoms with Crippen molar-refractivity contribution >= 4 is 27.5 Å². The quantitative estimate of drug-likeness (QED) is 0.578. The first-order valence-electron chi connectivity index (χ1n) is 7.67. The van der Waals surface area contributed by atoms with E-state index in [0.29, 0.717) is 18.5 Å². The largest absolute Gasteiger partial charge is 0.352 e. The van der Waals surface area contributed by atoms with Crippen molar-refractivity contribution in [2.75, 3.05) is 18.6 Å². The average molecular weight is 364 g/mol. The Labute approximate surface area is 147 Å². The third-order valence-corrected chi connectivity index (χ3v) is 5.93. The van der Waals surface area contributed by atoms with Crippen LogP contribution in [0.2, 0.25) is 0 Å². The van der Waals surface area contributed by atoms with Gasteiger partial charge >= 0.3 is 0 Å². The lowest BCUT2D eigenvalue weighted by Crippen LogP contribution is -2.26. The molecular weight excluding hydrogens is 342 g/mol. The number of thioether (sulfide) groups is 1. The third kappa shape index (κ3) is 6.02. The van der Waals surface area contributed by atoms with Crippen LogP contribution in [0.5, 0.6) is 0 Å². The predicted molar refractivity (Wildman–Crippen MR) is 99.1 cm³/mol. The Kier molecular flexibility index (Phi) is 6.87. The minimum absolute atomic E-state index is 0.0396. The average Bonchev–Trinajstić information content (AvgIpc) is 2.59. The van der Waals surface area contributed by atoms with Crippen LogP contribution in [0.15, 0.2) is 59.5 Å². The van der Waals surface area contributed by atoms with E-state index in [-0.39, 0.29) is 17.4 Å². The lowest BCUT2D eigenvalue weighted by molar-refractivity contribution is 0.0953. The van der Waals surface area contributed by atoms with E-state index in [1.807, 2.05) is 36.6 Å². The fourth-order valence-electron chi connectivity index (χ4n) is 2.24. The van der Waals surface area contributed by atoms with Crippen molar-refractivity contribution in [3.05, 3.63) is 65.7 Å². The minimum atomic E-state index is -3.16. The van der Waals surface area contributed by atoms with Gasteiger partial charge in [0.25, 0.3) is 5.91 Å². The summed E-state index contributed by atoms with van der Waals surface area (Å²) in [5.41, 5.74) is 1.37. The molecule has 2 rings (SSSR count). The number of rotatable bonds is 8. The maximum Gasteiger partial charge on any atom is 0.251 e. The maximum absolute atomic E-state index is 12.1. The maximum atomic E-state index is 12.1. The molecule has 0 fully saturated rings. The van der Waals surface area contributed by atoms with E-state index in [1.165, 1.54) is 0 Å². The molecule has 0 aliphatic carbocycles. The summed E-state index contributed by atoms with van der Waals surface area (Å²) in [7, 11) is -3.16. The highest BCUT2D eigenvalue weighted by Crippen LogP contribution is 2.14. The summed E-state index contributed by atoms with van der Waals surface area (Å²) < 4.78 is 24.1. The second-order valence-electron chi connectivity index (χ2n) is 5.42. The van der Waals surface area contributed by atoms with Crippen LogP contribution in [0.4, 0.5) is 0 Å². The van der Waals surface area contributed by atoms with Crippen molar-refractivity contribution in [2.45, 2.75) is 17.1 Å². The fourth-order valence-corrected chi connectivity index (χ4v) is 4.08. The minimum Gasteiger partial charge on any atom is -0.352 e. The molecule has 24 heavy (non-hydrogen) atoms. The first kappa shape index (κ1) is 18.5. The summed E-state index contributed by atoms with van der Waals surface area (Å²) in [4.78, 5) is 13.1. The number of hydrogen-bond acceptors (Lipinski definition) is 4. The summed E-state index contributed by atoms with van der Waals surface area (Å²) in [6, 6.07) is 16.4. The molecule has 0 atom stereocenters. The van der Waals surface area contributed by atoms with E-state index in [9.17, 15) is 13.2 Å². The van der Waals surface area contributed by atoms with E-state index in [4.69, 9.17) is 0 Å². The van der Waals surface area contributed by atoms with E-state index in [2.05, 4.69) is 5.32 Å². The normalized spacial score (nSPS) is 11.2. The molecular formula is C18H21NO3S2. The highest BCUT2D eigenvalue weighted by atomic mass is 32.2. The van der Waals surface area contributed by atoms with E-state index in [0.717, 1.165) is 10.5 Å². The Morgan fingerprint density at radius 1 is 1.04 bits per heavy atom. The number of hydrogen-bond donors (Lipinski definition) is 1. The summed E-state index contributed by atoms with van der Waals surface area (Å²) in [6.45, 7) is 0.344. The molecule has 0 heterocycles. The Bertz CT molecular complexity index is 757. The summed E-state index contributed by atoms with van der Waals surface area (Å²) in [5.74, 6) is -0.0750. The Morgan fingerprint density at radius 3 is 2.33 bits per heavy atom. The standard InChI is InChI=1S/C18H21NO3S2/c1-23-17-10-8-16(9-11-17)18(20)19-12-5-13-24(21,22)14-15-6-3-2-4-7-15/h2-4,6-11H,5,12-14H2,1H3,(H,19,20). The van der Waals surface area contributed by atoms with E-state index < -0.39 is 9.84 Å². The van der Waals surface area contributed by atoms with Crippen LogP contribution in [-0.4, -0.2) is 32.9 Å². The predicted octanol–water partition coefficient (Wildman–Crippen LogP) is 3.14. The van der Waals surface area contributed by atoms with Crippen molar-refractivity contribution in [2.24, 2.45) is 0 Å². The fraction of sp³-hybridized carbons (Fsp3) is 0.278. The van der Waals surface area contributed by atoms with Gasteiger partial charge in [-0.1, -0.05) is 30.3 Å². The first-order chi connectivity index (χ1) is 11.5. The number of amides is 1. The zero-order valence-corrected chi connectivity index (χ0v) is 15.2. The zero-order valence-electron chi connectivity index (χ0n) is 13.6. The molecule has 1 amide bonds. The second kappa shape index (κ2) is 8.89. The van der Waals surface area contributed by atoms with Gasteiger partial charge in [0.1, 0.15) is 0 Å². The van der Waals surface area contributed by atoms with E-state index >= 15 is 0 Å². The number of nitrogens with one attached hydrogen (secondary N) is 1. The third-order valence-electron chi connectivity index (χ3n) is 3.50. The smallest absolute Gasteiger partial charge is 0.251 e. The molecule has 0 aromatic heterocycles. The molecule has 0 aliphatic heterocycles. The zero-order chi connectivity index (χ0) is 17.4.